The van der Waals surface area contributed by atoms with Crippen LogP contribution in [-0.2, 0) is 6.54 Å². The molecular weight excluding hydrogens is 258 g/mol. The van der Waals surface area contributed by atoms with Gasteiger partial charge >= 0.3 is 0 Å². The van der Waals surface area contributed by atoms with E-state index >= 15 is 0 Å². The summed E-state index contributed by atoms with van der Waals surface area (Å²) in [6, 6.07) is 10.2. The Morgan fingerprint density at radius 2 is 2.05 bits per heavy atom. The number of aromatic nitrogens is 4. The fourth-order valence-electron chi connectivity index (χ4n) is 1.79. The number of thioether (sulfide) groups is 1. The zero-order valence-corrected chi connectivity index (χ0v) is 11.3. The summed E-state index contributed by atoms with van der Waals surface area (Å²) in [5.74, 6) is 0.760. The molecule has 3 rings (SSSR count). The third-order valence-electron chi connectivity index (χ3n) is 2.73. The van der Waals surface area contributed by atoms with Gasteiger partial charge in [0.15, 0.2) is 10.8 Å². The highest BCUT2D eigenvalue weighted by Gasteiger charge is 2.06. The first-order valence-corrected chi connectivity index (χ1v) is 7.11. The van der Waals surface area contributed by atoms with Crippen LogP contribution in [0.1, 0.15) is 5.56 Å². The van der Waals surface area contributed by atoms with Crippen molar-refractivity contribution in [2.24, 2.45) is 0 Å². The van der Waals surface area contributed by atoms with E-state index in [1.165, 1.54) is 17.3 Å². The first-order chi connectivity index (χ1) is 9.36. The third kappa shape index (κ3) is 2.53. The highest BCUT2D eigenvalue weighted by Crippen LogP contribution is 2.15. The maximum absolute atomic E-state index is 4.47. The van der Waals surface area contributed by atoms with Crippen LogP contribution in [0, 0.1) is 0 Å². The lowest BCUT2D eigenvalue weighted by atomic mass is 10.2. The van der Waals surface area contributed by atoms with Crippen molar-refractivity contribution in [1.29, 1.82) is 0 Å². The SMILES string of the molecule is CSc1nc(NCc2ccccc2)n2cncc2n1. The first-order valence-electron chi connectivity index (χ1n) is 5.89. The summed E-state index contributed by atoms with van der Waals surface area (Å²) in [4.78, 5) is 13.0. The van der Waals surface area contributed by atoms with Crippen molar-refractivity contribution in [3.05, 3.63) is 48.4 Å². The largest absolute Gasteiger partial charge is 0.351 e. The molecule has 0 spiro atoms. The molecule has 0 aliphatic rings. The van der Waals surface area contributed by atoms with Gasteiger partial charge < -0.3 is 5.32 Å². The van der Waals surface area contributed by atoms with Crippen LogP contribution in [0.25, 0.3) is 5.65 Å². The molecule has 1 aromatic carbocycles. The number of imidazole rings is 1. The minimum Gasteiger partial charge on any atom is -0.351 e. The van der Waals surface area contributed by atoms with E-state index in [1.807, 2.05) is 28.9 Å². The van der Waals surface area contributed by atoms with E-state index in [0.717, 1.165) is 23.3 Å². The molecule has 19 heavy (non-hydrogen) atoms. The molecule has 0 fully saturated rings. The summed E-state index contributed by atoms with van der Waals surface area (Å²) in [5.41, 5.74) is 2.01. The first kappa shape index (κ1) is 12.0. The summed E-state index contributed by atoms with van der Waals surface area (Å²) >= 11 is 1.52. The highest BCUT2D eigenvalue weighted by molar-refractivity contribution is 7.98. The molecule has 3 aromatic rings. The molecule has 2 aromatic heterocycles. The highest BCUT2D eigenvalue weighted by atomic mass is 32.2. The van der Waals surface area contributed by atoms with Gasteiger partial charge in [-0.3, -0.25) is 4.40 Å². The quantitative estimate of drug-likeness (QED) is 0.739. The van der Waals surface area contributed by atoms with E-state index in [4.69, 9.17) is 0 Å². The average molecular weight is 271 g/mol. The number of hydrogen-bond donors (Lipinski definition) is 1. The lowest BCUT2D eigenvalue weighted by Crippen LogP contribution is -2.07. The number of fused-ring (bicyclic) bond motifs is 1. The molecule has 0 saturated carbocycles. The van der Waals surface area contributed by atoms with Crippen LogP contribution >= 0.6 is 11.8 Å². The Balaban J connectivity index is 1.89. The summed E-state index contributed by atoms with van der Waals surface area (Å²) < 4.78 is 1.85. The number of rotatable bonds is 4. The van der Waals surface area contributed by atoms with Gasteiger partial charge in [-0.25, -0.2) is 9.97 Å². The summed E-state index contributed by atoms with van der Waals surface area (Å²) in [6.07, 6.45) is 5.41. The molecule has 5 nitrogen and oxygen atoms in total. The van der Waals surface area contributed by atoms with E-state index < -0.39 is 0 Å². The Labute approximate surface area is 115 Å². The second-order valence-electron chi connectivity index (χ2n) is 3.99. The predicted molar refractivity (Wildman–Crippen MR) is 76.3 cm³/mol. The Bertz CT molecular complexity index is 680. The van der Waals surface area contributed by atoms with Crippen molar-refractivity contribution in [2.45, 2.75) is 11.7 Å². The molecule has 0 amide bonds. The van der Waals surface area contributed by atoms with Crippen molar-refractivity contribution in [1.82, 2.24) is 19.4 Å². The van der Waals surface area contributed by atoms with Crippen LogP contribution in [0.2, 0.25) is 0 Å². The number of nitrogens with one attached hydrogen (secondary N) is 1. The molecule has 0 bridgehead atoms. The predicted octanol–water partition coefficient (Wildman–Crippen LogP) is 2.46. The van der Waals surface area contributed by atoms with Gasteiger partial charge in [0.1, 0.15) is 6.33 Å². The Morgan fingerprint density at radius 1 is 1.21 bits per heavy atom. The zero-order valence-electron chi connectivity index (χ0n) is 10.4. The maximum atomic E-state index is 4.47. The summed E-state index contributed by atoms with van der Waals surface area (Å²) in [6.45, 7) is 0.721. The third-order valence-corrected chi connectivity index (χ3v) is 3.28. The van der Waals surface area contributed by atoms with Crippen LogP contribution in [0.4, 0.5) is 5.95 Å². The van der Waals surface area contributed by atoms with Gasteiger partial charge in [0.05, 0.1) is 6.20 Å². The van der Waals surface area contributed by atoms with Gasteiger partial charge in [0.2, 0.25) is 5.95 Å². The van der Waals surface area contributed by atoms with Crippen LogP contribution in [0.3, 0.4) is 0 Å². The zero-order chi connectivity index (χ0) is 13.1. The molecule has 6 heteroatoms. The van der Waals surface area contributed by atoms with E-state index in [-0.39, 0.29) is 0 Å². The van der Waals surface area contributed by atoms with Gasteiger partial charge in [0.25, 0.3) is 0 Å². The number of hydrogen-bond acceptors (Lipinski definition) is 5. The standard InChI is InChI=1S/C13H13N5S/c1-19-13-16-11-8-14-9-18(11)12(17-13)15-7-10-5-3-2-4-6-10/h2-6,8-9H,7H2,1H3,(H,15,16,17). The van der Waals surface area contributed by atoms with Crippen molar-refractivity contribution < 1.29 is 0 Å². The lowest BCUT2D eigenvalue weighted by molar-refractivity contribution is 0.893. The smallest absolute Gasteiger partial charge is 0.212 e. The monoisotopic (exact) mass is 271 g/mol. The average Bonchev–Trinajstić information content (AvgIpc) is 2.94. The number of nitrogens with zero attached hydrogens (tertiary/aromatic N) is 4. The van der Waals surface area contributed by atoms with Crippen molar-refractivity contribution in [3.63, 3.8) is 0 Å². The molecular formula is C13H13N5S. The normalized spacial score (nSPS) is 10.8. The lowest BCUT2D eigenvalue weighted by Gasteiger charge is -2.08. The summed E-state index contributed by atoms with van der Waals surface area (Å²) in [5, 5.41) is 4.06. The maximum Gasteiger partial charge on any atom is 0.212 e. The van der Waals surface area contributed by atoms with Gasteiger partial charge in [-0.2, -0.15) is 4.98 Å². The molecule has 0 radical (unpaired) electrons. The molecule has 1 N–H and O–H groups in total. The second kappa shape index (κ2) is 5.27. The van der Waals surface area contributed by atoms with Gasteiger partial charge in [0, 0.05) is 6.54 Å². The molecule has 0 atom stereocenters. The minimum atomic E-state index is 0.721. The van der Waals surface area contributed by atoms with Crippen LogP contribution in [-0.4, -0.2) is 25.6 Å². The van der Waals surface area contributed by atoms with Crippen LogP contribution < -0.4 is 5.32 Å². The van der Waals surface area contributed by atoms with E-state index in [2.05, 4.69) is 32.4 Å². The van der Waals surface area contributed by atoms with Crippen molar-refractivity contribution in [3.8, 4) is 0 Å². The van der Waals surface area contributed by atoms with Gasteiger partial charge in [-0.05, 0) is 11.8 Å². The Hall–Kier alpha value is -2.08. The topological polar surface area (TPSA) is 55.1 Å². The van der Waals surface area contributed by atoms with Gasteiger partial charge in [-0.1, -0.05) is 42.1 Å². The molecule has 2 heterocycles. The van der Waals surface area contributed by atoms with E-state index in [9.17, 15) is 0 Å². The van der Waals surface area contributed by atoms with Gasteiger partial charge in [-0.15, -0.1) is 0 Å². The molecule has 0 saturated heterocycles. The van der Waals surface area contributed by atoms with E-state index in [0.29, 0.717) is 0 Å². The second-order valence-corrected chi connectivity index (χ2v) is 4.77. The molecule has 0 aliphatic heterocycles. The minimum absolute atomic E-state index is 0.721. The summed E-state index contributed by atoms with van der Waals surface area (Å²) in [7, 11) is 0. The fraction of sp³-hybridized carbons (Fsp3) is 0.154. The van der Waals surface area contributed by atoms with Crippen LogP contribution in [0.5, 0.6) is 0 Å². The van der Waals surface area contributed by atoms with E-state index in [1.54, 1.807) is 12.5 Å². The number of anilines is 1. The molecule has 96 valence electrons. The molecule has 0 unspecified atom stereocenters. The fourth-order valence-corrected chi connectivity index (χ4v) is 2.16. The van der Waals surface area contributed by atoms with Crippen LogP contribution in [0.15, 0.2) is 48.0 Å². The van der Waals surface area contributed by atoms with Crippen molar-refractivity contribution >= 4 is 23.4 Å². The van der Waals surface area contributed by atoms with Crippen molar-refractivity contribution in [2.75, 3.05) is 11.6 Å². The Morgan fingerprint density at radius 3 is 2.84 bits per heavy atom. The Kier molecular flexibility index (Phi) is 3.33. The number of benzene rings is 1. The molecule has 0 aliphatic carbocycles.